The van der Waals surface area contributed by atoms with Gasteiger partial charge in [0, 0.05) is 12.4 Å². The first-order valence-electron chi connectivity index (χ1n) is 7.81. The van der Waals surface area contributed by atoms with E-state index in [-0.39, 0.29) is 12.5 Å². The van der Waals surface area contributed by atoms with E-state index >= 15 is 0 Å². The maximum atomic E-state index is 11.7. The number of aromatic nitrogens is 1. The predicted octanol–water partition coefficient (Wildman–Crippen LogP) is 3.28. The lowest BCUT2D eigenvalue weighted by molar-refractivity contribution is -0.123. The topological polar surface area (TPSA) is 63.6 Å². The molecule has 3 aromatic rings. The number of nitrogens with zero attached hydrogens (tertiary/aromatic N) is 2. The van der Waals surface area contributed by atoms with Crippen LogP contribution in [0.25, 0.3) is 11.1 Å². The second-order valence-corrected chi connectivity index (χ2v) is 5.25. The van der Waals surface area contributed by atoms with Gasteiger partial charge < -0.3 is 4.74 Å². The molecule has 0 aliphatic rings. The molecule has 0 aliphatic heterocycles. The zero-order chi connectivity index (χ0) is 17.3. The largest absolute Gasteiger partial charge is 0.484 e. The minimum absolute atomic E-state index is 0.0988. The smallest absolute Gasteiger partial charge is 0.277 e. The van der Waals surface area contributed by atoms with Crippen LogP contribution in [0.1, 0.15) is 5.56 Å². The molecule has 1 aromatic heterocycles. The van der Waals surface area contributed by atoms with E-state index in [0.717, 1.165) is 16.7 Å². The van der Waals surface area contributed by atoms with Crippen molar-refractivity contribution in [3.8, 4) is 16.9 Å². The van der Waals surface area contributed by atoms with Gasteiger partial charge in [0.2, 0.25) is 0 Å². The third-order valence-corrected chi connectivity index (χ3v) is 3.44. The normalized spacial score (nSPS) is 10.6. The number of hydrogen-bond donors (Lipinski definition) is 1. The van der Waals surface area contributed by atoms with Crippen molar-refractivity contribution in [1.82, 2.24) is 10.4 Å². The van der Waals surface area contributed by atoms with Crippen molar-refractivity contribution in [2.24, 2.45) is 5.10 Å². The molecule has 0 radical (unpaired) electrons. The average Bonchev–Trinajstić information content (AvgIpc) is 2.68. The highest BCUT2D eigenvalue weighted by Crippen LogP contribution is 2.21. The Hall–Kier alpha value is -3.47. The van der Waals surface area contributed by atoms with Gasteiger partial charge in [-0.2, -0.15) is 5.10 Å². The molecule has 0 spiro atoms. The maximum Gasteiger partial charge on any atom is 0.277 e. The van der Waals surface area contributed by atoms with Gasteiger partial charge in [0.15, 0.2) is 6.61 Å². The van der Waals surface area contributed by atoms with E-state index < -0.39 is 0 Å². The molecule has 1 heterocycles. The van der Waals surface area contributed by atoms with E-state index in [0.29, 0.717) is 5.75 Å². The Kier molecular flexibility index (Phi) is 5.51. The van der Waals surface area contributed by atoms with Gasteiger partial charge in [-0.3, -0.25) is 9.78 Å². The van der Waals surface area contributed by atoms with Gasteiger partial charge in [-0.25, -0.2) is 5.43 Å². The third kappa shape index (κ3) is 5.00. The summed E-state index contributed by atoms with van der Waals surface area (Å²) in [5.41, 5.74) is 5.51. The number of carbonyl (C=O) groups excluding carboxylic acids is 1. The van der Waals surface area contributed by atoms with E-state index in [9.17, 15) is 4.79 Å². The molecule has 0 saturated heterocycles. The molecule has 0 unspecified atom stereocenters. The van der Waals surface area contributed by atoms with Crippen LogP contribution >= 0.6 is 0 Å². The second-order valence-electron chi connectivity index (χ2n) is 5.25. The number of pyridine rings is 1. The van der Waals surface area contributed by atoms with Gasteiger partial charge in [-0.05, 0) is 41.0 Å². The minimum Gasteiger partial charge on any atom is -0.484 e. The summed E-state index contributed by atoms with van der Waals surface area (Å²) in [6.07, 6.45) is 4.87. The fourth-order valence-electron chi connectivity index (χ4n) is 2.18. The summed E-state index contributed by atoms with van der Waals surface area (Å²) in [6, 6.07) is 21.3. The van der Waals surface area contributed by atoms with Crippen molar-refractivity contribution >= 4 is 12.1 Å². The van der Waals surface area contributed by atoms with Gasteiger partial charge in [0.1, 0.15) is 5.75 Å². The molecule has 3 rings (SSSR count). The molecular weight excluding hydrogens is 314 g/mol. The van der Waals surface area contributed by atoms with Crippen molar-refractivity contribution in [3.05, 3.63) is 84.7 Å². The second kappa shape index (κ2) is 8.40. The van der Waals surface area contributed by atoms with E-state index in [1.54, 1.807) is 30.7 Å². The van der Waals surface area contributed by atoms with Gasteiger partial charge in [0.25, 0.3) is 5.91 Å². The molecule has 2 aromatic carbocycles. The quantitative estimate of drug-likeness (QED) is 0.557. The van der Waals surface area contributed by atoms with Gasteiger partial charge in [0.05, 0.1) is 6.21 Å². The highest BCUT2D eigenvalue weighted by molar-refractivity contribution is 5.82. The third-order valence-electron chi connectivity index (χ3n) is 3.44. The van der Waals surface area contributed by atoms with Crippen LogP contribution in [-0.4, -0.2) is 23.7 Å². The van der Waals surface area contributed by atoms with Crippen LogP contribution in [0.2, 0.25) is 0 Å². The van der Waals surface area contributed by atoms with Gasteiger partial charge in [-0.15, -0.1) is 0 Å². The molecule has 1 N–H and O–H groups in total. The summed E-state index contributed by atoms with van der Waals surface area (Å²) >= 11 is 0. The van der Waals surface area contributed by atoms with Crippen molar-refractivity contribution in [3.63, 3.8) is 0 Å². The van der Waals surface area contributed by atoms with E-state index in [1.807, 2.05) is 54.6 Å². The Morgan fingerprint density at radius 1 is 0.960 bits per heavy atom. The Bertz CT molecular complexity index is 832. The standard InChI is InChI=1S/C20H17N3O2/c24-20(23-22-14-16-10-12-21-13-11-16)15-25-19-8-6-18(7-9-19)17-4-2-1-3-5-17/h1-14H,15H2,(H,23,24)/b22-14-. The first-order valence-corrected chi connectivity index (χ1v) is 7.81. The molecule has 5 nitrogen and oxygen atoms in total. The van der Waals surface area contributed by atoms with Crippen molar-refractivity contribution in [1.29, 1.82) is 0 Å². The molecule has 1 amide bonds. The fraction of sp³-hybridized carbons (Fsp3) is 0.0500. The molecular formula is C20H17N3O2. The Labute approximate surface area is 146 Å². The minimum atomic E-state index is -0.322. The molecule has 0 saturated carbocycles. The van der Waals surface area contributed by atoms with Crippen LogP contribution in [0.4, 0.5) is 0 Å². The number of carbonyl (C=O) groups is 1. The molecule has 0 aliphatic carbocycles. The molecule has 25 heavy (non-hydrogen) atoms. The van der Waals surface area contributed by atoms with Crippen molar-refractivity contribution < 1.29 is 9.53 Å². The Morgan fingerprint density at radius 3 is 2.36 bits per heavy atom. The number of amides is 1. The van der Waals surface area contributed by atoms with Crippen molar-refractivity contribution in [2.45, 2.75) is 0 Å². The van der Waals surface area contributed by atoms with Gasteiger partial charge in [-0.1, -0.05) is 42.5 Å². The summed E-state index contributed by atoms with van der Waals surface area (Å²) in [7, 11) is 0. The molecule has 0 atom stereocenters. The molecule has 0 bridgehead atoms. The number of hydrogen-bond acceptors (Lipinski definition) is 4. The lowest BCUT2D eigenvalue weighted by Gasteiger charge is -2.06. The maximum absolute atomic E-state index is 11.7. The van der Waals surface area contributed by atoms with Crippen LogP contribution < -0.4 is 10.2 Å². The lowest BCUT2D eigenvalue weighted by atomic mass is 10.1. The van der Waals surface area contributed by atoms with E-state index in [2.05, 4.69) is 15.5 Å². The highest BCUT2D eigenvalue weighted by Gasteiger charge is 2.02. The number of benzene rings is 2. The van der Waals surface area contributed by atoms with Crippen LogP contribution in [0.15, 0.2) is 84.2 Å². The van der Waals surface area contributed by atoms with Crippen molar-refractivity contribution in [2.75, 3.05) is 6.61 Å². The number of hydrazone groups is 1. The SMILES string of the molecule is O=C(COc1ccc(-c2ccccc2)cc1)N/N=C\c1ccncc1. The van der Waals surface area contributed by atoms with E-state index in [4.69, 9.17) is 4.74 Å². The van der Waals surface area contributed by atoms with Crippen LogP contribution in [-0.2, 0) is 4.79 Å². The highest BCUT2D eigenvalue weighted by atomic mass is 16.5. The lowest BCUT2D eigenvalue weighted by Crippen LogP contribution is -2.24. The molecule has 5 heteroatoms. The Balaban J connectivity index is 1.48. The summed E-state index contributed by atoms with van der Waals surface area (Å²) < 4.78 is 5.47. The van der Waals surface area contributed by atoms with Crippen LogP contribution in [0, 0.1) is 0 Å². The fourth-order valence-corrected chi connectivity index (χ4v) is 2.18. The number of ether oxygens (including phenoxy) is 1. The first kappa shape index (κ1) is 16.4. The first-order chi connectivity index (χ1) is 12.3. The van der Waals surface area contributed by atoms with Crippen LogP contribution in [0.3, 0.4) is 0 Å². The monoisotopic (exact) mass is 331 g/mol. The number of nitrogens with one attached hydrogen (secondary N) is 1. The Morgan fingerprint density at radius 2 is 1.64 bits per heavy atom. The van der Waals surface area contributed by atoms with E-state index in [1.165, 1.54) is 0 Å². The van der Waals surface area contributed by atoms with Gasteiger partial charge >= 0.3 is 0 Å². The summed E-state index contributed by atoms with van der Waals surface area (Å²) in [4.78, 5) is 15.6. The predicted molar refractivity (Wildman–Crippen MR) is 97.3 cm³/mol. The summed E-state index contributed by atoms with van der Waals surface area (Å²) in [5, 5.41) is 3.88. The average molecular weight is 331 g/mol. The summed E-state index contributed by atoms with van der Waals surface area (Å²) in [5.74, 6) is 0.311. The summed E-state index contributed by atoms with van der Waals surface area (Å²) in [6.45, 7) is -0.0988. The zero-order valence-electron chi connectivity index (χ0n) is 13.5. The number of rotatable bonds is 6. The molecule has 0 fully saturated rings. The van der Waals surface area contributed by atoms with Crippen LogP contribution in [0.5, 0.6) is 5.75 Å². The zero-order valence-corrected chi connectivity index (χ0v) is 13.5. The molecule has 124 valence electrons.